The molecule has 0 aromatic carbocycles. The molecule has 2 N–H and O–H groups in total. The van der Waals surface area contributed by atoms with Gasteiger partial charge in [0.25, 0.3) is 0 Å². The van der Waals surface area contributed by atoms with E-state index in [9.17, 15) is 10.2 Å². The highest BCUT2D eigenvalue weighted by Crippen LogP contribution is 2.21. The van der Waals surface area contributed by atoms with Crippen molar-refractivity contribution < 1.29 is 10.2 Å². The van der Waals surface area contributed by atoms with Crippen molar-refractivity contribution in [3.63, 3.8) is 0 Å². The predicted molar refractivity (Wildman–Crippen MR) is 86.6 cm³/mol. The van der Waals surface area contributed by atoms with Crippen LogP contribution in [0.2, 0.25) is 51.4 Å². The van der Waals surface area contributed by atoms with Gasteiger partial charge in [0.2, 0.25) is 0 Å². The first-order valence-corrected chi connectivity index (χ1v) is 14.0. The van der Waals surface area contributed by atoms with E-state index in [0.717, 1.165) is 23.2 Å². The van der Waals surface area contributed by atoms with Crippen LogP contribution in [0.25, 0.3) is 0 Å². The minimum Gasteiger partial charge on any atom is -0.392 e. The molecule has 0 aliphatic rings. The first-order chi connectivity index (χ1) is 7.94. The lowest BCUT2D eigenvalue weighted by Crippen LogP contribution is -2.24. The van der Waals surface area contributed by atoms with Gasteiger partial charge in [0.05, 0.1) is 12.7 Å². The molecule has 1 atom stereocenters. The third kappa shape index (κ3) is 8.86. The molecule has 0 heterocycles. The SMILES string of the molecule is C=C(C[Si](C)(C)C)C(O)C=C(CO)C[Si](C)(C)C. The van der Waals surface area contributed by atoms with E-state index in [1.165, 1.54) is 0 Å². The van der Waals surface area contributed by atoms with E-state index in [1.54, 1.807) is 6.08 Å². The van der Waals surface area contributed by atoms with Crippen LogP contribution in [0, 0.1) is 0 Å². The summed E-state index contributed by atoms with van der Waals surface area (Å²) in [6.45, 7) is 17.6. The Labute approximate surface area is 114 Å². The lowest BCUT2D eigenvalue weighted by atomic mass is 10.1. The summed E-state index contributed by atoms with van der Waals surface area (Å²) in [5, 5.41) is 19.5. The molecule has 0 radical (unpaired) electrons. The van der Waals surface area contributed by atoms with Crippen LogP contribution in [0.4, 0.5) is 0 Å². The van der Waals surface area contributed by atoms with Gasteiger partial charge in [-0.3, -0.25) is 0 Å². The van der Waals surface area contributed by atoms with Gasteiger partial charge in [-0.05, 0) is 23.2 Å². The van der Waals surface area contributed by atoms with E-state index in [0.29, 0.717) is 0 Å². The van der Waals surface area contributed by atoms with Gasteiger partial charge in [-0.15, -0.1) is 0 Å². The van der Waals surface area contributed by atoms with E-state index in [1.807, 2.05) is 0 Å². The van der Waals surface area contributed by atoms with Crippen LogP contribution in [-0.4, -0.2) is 39.1 Å². The molecule has 0 bridgehead atoms. The van der Waals surface area contributed by atoms with Crippen LogP contribution >= 0.6 is 0 Å². The van der Waals surface area contributed by atoms with E-state index in [4.69, 9.17) is 0 Å². The van der Waals surface area contributed by atoms with Crippen molar-refractivity contribution in [2.75, 3.05) is 6.61 Å². The third-order valence-electron chi connectivity index (χ3n) is 2.53. The molecule has 0 aromatic heterocycles. The number of aliphatic hydroxyl groups excluding tert-OH is 2. The molecular formula is C14H30O2Si2. The third-order valence-corrected chi connectivity index (χ3v) is 5.56. The minimum atomic E-state index is -1.25. The van der Waals surface area contributed by atoms with Crippen molar-refractivity contribution in [1.82, 2.24) is 0 Å². The lowest BCUT2D eigenvalue weighted by molar-refractivity contribution is 0.255. The molecule has 106 valence electrons. The Kier molecular flexibility index (Phi) is 6.78. The summed E-state index contributed by atoms with van der Waals surface area (Å²) < 4.78 is 0. The van der Waals surface area contributed by atoms with Crippen LogP contribution in [0.3, 0.4) is 0 Å². The second-order valence-corrected chi connectivity index (χ2v) is 18.5. The van der Waals surface area contributed by atoms with Crippen molar-refractivity contribution in [2.24, 2.45) is 0 Å². The number of hydrogen-bond acceptors (Lipinski definition) is 2. The molecule has 1 unspecified atom stereocenters. The van der Waals surface area contributed by atoms with Gasteiger partial charge in [0, 0.05) is 16.1 Å². The van der Waals surface area contributed by atoms with Crippen LogP contribution in [-0.2, 0) is 0 Å². The molecule has 0 rings (SSSR count). The molecule has 0 spiro atoms. The molecule has 0 saturated heterocycles. The van der Waals surface area contributed by atoms with Crippen molar-refractivity contribution in [1.29, 1.82) is 0 Å². The summed E-state index contributed by atoms with van der Waals surface area (Å²) in [7, 11) is -2.48. The highest BCUT2D eigenvalue weighted by atomic mass is 28.3. The average molecular weight is 287 g/mol. The minimum absolute atomic E-state index is 0.0432. The van der Waals surface area contributed by atoms with Gasteiger partial charge in [-0.1, -0.05) is 51.9 Å². The van der Waals surface area contributed by atoms with Gasteiger partial charge < -0.3 is 10.2 Å². The number of hydrogen-bond donors (Lipinski definition) is 2. The van der Waals surface area contributed by atoms with Crippen molar-refractivity contribution in [2.45, 2.75) is 57.5 Å². The van der Waals surface area contributed by atoms with Gasteiger partial charge in [0.1, 0.15) is 0 Å². The molecule has 2 nitrogen and oxygen atoms in total. The molecule has 0 amide bonds. The topological polar surface area (TPSA) is 40.5 Å². The zero-order valence-electron chi connectivity index (χ0n) is 12.9. The van der Waals surface area contributed by atoms with Crippen molar-refractivity contribution >= 4 is 16.1 Å². The van der Waals surface area contributed by atoms with Crippen LogP contribution in [0.5, 0.6) is 0 Å². The second kappa shape index (κ2) is 6.84. The van der Waals surface area contributed by atoms with Gasteiger partial charge in [-0.2, -0.15) is 0 Å². The predicted octanol–water partition coefficient (Wildman–Crippen LogP) is 3.50. The Morgan fingerprint density at radius 2 is 1.50 bits per heavy atom. The Bertz CT molecular complexity index is 309. The summed E-state index contributed by atoms with van der Waals surface area (Å²) in [6, 6.07) is 1.86. The maximum Gasteiger partial charge on any atom is 0.0929 e. The zero-order chi connectivity index (χ0) is 14.6. The monoisotopic (exact) mass is 286 g/mol. The molecule has 0 aliphatic carbocycles. The maximum absolute atomic E-state index is 10.1. The summed E-state index contributed by atoms with van der Waals surface area (Å²) in [6.07, 6.45) is 1.20. The molecule has 0 aromatic rings. The maximum atomic E-state index is 10.1. The Balaban J connectivity index is 4.67. The molecule has 4 heteroatoms. The fraction of sp³-hybridized carbons (Fsp3) is 0.714. The first kappa shape index (κ1) is 17.8. The van der Waals surface area contributed by atoms with E-state index in [-0.39, 0.29) is 6.61 Å². The summed E-state index contributed by atoms with van der Waals surface area (Å²) in [5.74, 6) is 0. The largest absolute Gasteiger partial charge is 0.392 e. The summed E-state index contributed by atoms with van der Waals surface area (Å²) >= 11 is 0. The van der Waals surface area contributed by atoms with E-state index >= 15 is 0 Å². The van der Waals surface area contributed by atoms with Crippen molar-refractivity contribution in [3.8, 4) is 0 Å². The van der Waals surface area contributed by atoms with Crippen LogP contribution in [0.1, 0.15) is 0 Å². The Hall–Kier alpha value is -0.166. The lowest BCUT2D eigenvalue weighted by Gasteiger charge is -2.22. The second-order valence-electron chi connectivity index (χ2n) is 7.56. The first-order valence-electron chi connectivity index (χ1n) is 6.61. The van der Waals surface area contributed by atoms with Crippen LogP contribution in [0.15, 0.2) is 23.8 Å². The quantitative estimate of drug-likeness (QED) is 0.555. The Morgan fingerprint density at radius 1 is 1.06 bits per heavy atom. The van der Waals surface area contributed by atoms with E-state index < -0.39 is 22.3 Å². The fourth-order valence-corrected chi connectivity index (χ4v) is 5.14. The number of aliphatic hydroxyl groups is 2. The van der Waals surface area contributed by atoms with Gasteiger partial charge in [-0.25, -0.2) is 0 Å². The van der Waals surface area contributed by atoms with E-state index in [2.05, 4.69) is 45.9 Å². The van der Waals surface area contributed by atoms with Gasteiger partial charge in [0.15, 0.2) is 0 Å². The fourth-order valence-electron chi connectivity index (χ4n) is 1.98. The number of rotatable bonds is 7. The highest BCUT2D eigenvalue weighted by molar-refractivity contribution is 6.77. The molecule has 0 saturated carbocycles. The van der Waals surface area contributed by atoms with Crippen LogP contribution < -0.4 is 0 Å². The van der Waals surface area contributed by atoms with Gasteiger partial charge >= 0.3 is 0 Å². The smallest absolute Gasteiger partial charge is 0.0929 e. The standard InChI is InChI=1S/C14H30O2Si2/c1-12(10-17(2,3)4)14(16)8-13(9-15)11-18(5,6)7/h8,14-16H,1,9-11H2,2-7H3. The highest BCUT2D eigenvalue weighted by Gasteiger charge is 2.20. The summed E-state index contributed by atoms with van der Waals surface area (Å²) in [4.78, 5) is 0. The molecular weight excluding hydrogens is 256 g/mol. The normalized spacial score (nSPS) is 15.7. The van der Waals surface area contributed by atoms with Crippen molar-refractivity contribution in [3.05, 3.63) is 23.8 Å². The molecule has 0 aliphatic heterocycles. The zero-order valence-corrected chi connectivity index (χ0v) is 14.9. The molecule has 0 fully saturated rings. The summed E-state index contributed by atoms with van der Waals surface area (Å²) in [5.41, 5.74) is 1.84. The average Bonchev–Trinajstić information content (AvgIpc) is 2.11. The molecule has 18 heavy (non-hydrogen) atoms. The Morgan fingerprint density at radius 3 is 1.83 bits per heavy atom.